The first-order valence-corrected chi connectivity index (χ1v) is 3.99. The number of hydrogen-bond donors (Lipinski definition) is 2. The van der Waals surface area contributed by atoms with Crippen LogP contribution >= 0.6 is 0 Å². The largest absolute Gasteiger partial charge is 0.480 e. The number of carbonyl (C=O) groups excluding carboxylic acids is 3. The van der Waals surface area contributed by atoms with E-state index >= 15 is 0 Å². The molecule has 0 aliphatic carbocycles. The second-order valence-corrected chi connectivity index (χ2v) is 2.80. The van der Waals surface area contributed by atoms with E-state index in [2.05, 4.69) is 6.58 Å². The molecular formula is C8H8N2O5. The van der Waals surface area contributed by atoms with Crippen LogP contribution in [0.2, 0.25) is 0 Å². The molecule has 1 heterocycles. The zero-order chi connectivity index (χ0) is 11.6. The van der Waals surface area contributed by atoms with Gasteiger partial charge in [-0.05, 0) is 0 Å². The van der Waals surface area contributed by atoms with Gasteiger partial charge in [0, 0.05) is 6.54 Å². The molecule has 0 bridgehead atoms. The lowest BCUT2D eigenvalue weighted by molar-refractivity contribution is -0.155. The van der Waals surface area contributed by atoms with Gasteiger partial charge in [-0.3, -0.25) is 24.6 Å². The van der Waals surface area contributed by atoms with Crippen molar-refractivity contribution in [3.63, 3.8) is 0 Å². The number of rotatable bonds is 3. The maximum Gasteiger partial charge on any atom is 0.331 e. The summed E-state index contributed by atoms with van der Waals surface area (Å²) < 4.78 is 0. The number of aliphatic carboxylic acids is 1. The number of amides is 4. The van der Waals surface area contributed by atoms with Gasteiger partial charge in [-0.2, -0.15) is 0 Å². The third kappa shape index (κ3) is 1.85. The molecule has 1 rings (SSSR count). The van der Waals surface area contributed by atoms with Crippen LogP contribution in [-0.4, -0.2) is 40.4 Å². The quantitative estimate of drug-likeness (QED) is 0.459. The van der Waals surface area contributed by atoms with E-state index in [1.807, 2.05) is 0 Å². The average molecular weight is 212 g/mol. The Balaban J connectivity index is 2.99. The van der Waals surface area contributed by atoms with Gasteiger partial charge in [-0.25, -0.2) is 4.79 Å². The summed E-state index contributed by atoms with van der Waals surface area (Å²) >= 11 is 0. The molecule has 1 aliphatic rings. The van der Waals surface area contributed by atoms with Gasteiger partial charge in [-0.1, -0.05) is 6.08 Å². The fourth-order valence-corrected chi connectivity index (χ4v) is 1.13. The third-order valence-corrected chi connectivity index (χ3v) is 1.81. The Bertz CT molecular complexity index is 362. The molecular weight excluding hydrogens is 204 g/mol. The number of imide groups is 2. The zero-order valence-electron chi connectivity index (χ0n) is 7.60. The van der Waals surface area contributed by atoms with Crippen LogP contribution in [-0.2, 0) is 14.4 Å². The molecule has 4 amide bonds. The van der Waals surface area contributed by atoms with E-state index in [1.165, 1.54) is 6.08 Å². The fourth-order valence-electron chi connectivity index (χ4n) is 1.13. The molecule has 0 saturated carbocycles. The van der Waals surface area contributed by atoms with E-state index in [4.69, 9.17) is 5.11 Å². The summed E-state index contributed by atoms with van der Waals surface area (Å²) in [5.41, 5.74) is 0. The summed E-state index contributed by atoms with van der Waals surface area (Å²) in [5, 5.41) is 10.4. The lowest BCUT2D eigenvalue weighted by Gasteiger charge is -2.27. The minimum absolute atomic E-state index is 0.137. The van der Waals surface area contributed by atoms with Crippen molar-refractivity contribution in [1.82, 2.24) is 10.2 Å². The SMILES string of the molecule is C=CCN1C(=O)NC(=O)C(C(=O)O)C1=O. The fraction of sp³-hybridized carbons (Fsp3) is 0.250. The standard InChI is InChI=1S/C8H8N2O5/c1-2-3-10-6(12)4(7(13)14)5(11)9-8(10)15/h2,4H,1,3H2,(H,13,14)(H,9,11,15). The molecule has 15 heavy (non-hydrogen) atoms. The normalized spacial score (nSPS) is 21.2. The highest BCUT2D eigenvalue weighted by molar-refractivity contribution is 6.24. The van der Waals surface area contributed by atoms with E-state index in [0.29, 0.717) is 4.90 Å². The highest BCUT2D eigenvalue weighted by atomic mass is 16.4. The van der Waals surface area contributed by atoms with Crippen LogP contribution in [0.3, 0.4) is 0 Å². The van der Waals surface area contributed by atoms with Crippen molar-refractivity contribution in [1.29, 1.82) is 0 Å². The predicted molar refractivity (Wildman–Crippen MR) is 46.6 cm³/mol. The van der Waals surface area contributed by atoms with E-state index in [9.17, 15) is 19.2 Å². The maximum atomic E-state index is 11.4. The molecule has 1 unspecified atom stereocenters. The third-order valence-electron chi connectivity index (χ3n) is 1.81. The Kier molecular flexibility index (Phi) is 2.84. The number of carbonyl (C=O) groups is 4. The summed E-state index contributed by atoms with van der Waals surface area (Å²) in [6.45, 7) is 3.17. The van der Waals surface area contributed by atoms with Crippen LogP contribution in [0.4, 0.5) is 4.79 Å². The van der Waals surface area contributed by atoms with Crippen LogP contribution in [0.5, 0.6) is 0 Å². The highest BCUT2D eigenvalue weighted by Crippen LogP contribution is 2.10. The molecule has 1 fully saturated rings. The monoisotopic (exact) mass is 212 g/mol. The molecule has 7 heteroatoms. The Morgan fingerprint density at radius 1 is 1.53 bits per heavy atom. The summed E-state index contributed by atoms with van der Waals surface area (Å²) in [7, 11) is 0. The van der Waals surface area contributed by atoms with E-state index in [-0.39, 0.29) is 6.54 Å². The van der Waals surface area contributed by atoms with Crippen molar-refractivity contribution in [3.05, 3.63) is 12.7 Å². The van der Waals surface area contributed by atoms with Crippen molar-refractivity contribution in [2.24, 2.45) is 5.92 Å². The second kappa shape index (κ2) is 3.91. The summed E-state index contributed by atoms with van der Waals surface area (Å²) in [5.74, 6) is -5.60. The summed E-state index contributed by atoms with van der Waals surface area (Å²) in [6.07, 6.45) is 1.26. The van der Waals surface area contributed by atoms with Gasteiger partial charge in [0.25, 0.3) is 11.8 Å². The number of barbiturate groups is 1. The molecule has 0 aromatic carbocycles. The van der Waals surface area contributed by atoms with Crippen LogP contribution < -0.4 is 5.32 Å². The highest BCUT2D eigenvalue weighted by Gasteiger charge is 2.44. The number of carboxylic acid groups (broad SMARTS) is 1. The number of urea groups is 1. The topological polar surface area (TPSA) is 104 Å². The van der Waals surface area contributed by atoms with Crippen LogP contribution in [0.25, 0.3) is 0 Å². The van der Waals surface area contributed by atoms with Gasteiger partial charge in [0.1, 0.15) is 0 Å². The molecule has 80 valence electrons. The van der Waals surface area contributed by atoms with Gasteiger partial charge < -0.3 is 5.11 Å². The van der Waals surface area contributed by atoms with Crippen molar-refractivity contribution in [2.75, 3.05) is 6.54 Å². The molecule has 1 atom stereocenters. The first-order chi connectivity index (χ1) is 6.99. The first kappa shape index (κ1) is 10.9. The maximum absolute atomic E-state index is 11.4. The van der Waals surface area contributed by atoms with Crippen molar-refractivity contribution in [2.45, 2.75) is 0 Å². The minimum Gasteiger partial charge on any atom is -0.480 e. The molecule has 0 spiro atoms. The number of nitrogens with zero attached hydrogens (tertiary/aromatic N) is 1. The van der Waals surface area contributed by atoms with E-state index in [0.717, 1.165) is 0 Å². The first-order valence-electron chi connectivity index (χ1n) is 3.99. The van der Waals surface area contributed by atoms with Crippen LogP contribution in [0.15, 0.2) is 12.7 Å². The summed E-state index contributed by atoms with van der Waals surface area (Å²) in [4.78, 5) is 44.7. The predicted octanol–water partition coefficient (Wildman–Crippen LogP) is -1.05. The smallest absolute Gasteiger partial charge is 0.331 e. The Hall–Kier alpha value is -2.18. The molecule has 7 nitrogen and oxygen atoms in total. The van der Waals surface area contributed by atoms with Gasteiger partial charge >= 0.3 is 12.0 Å². The molecule has 0 aromatic heterocycles. The van der Waals surface area contributed by atoms with Crippen LogP contribution in [0, 0.1) is 5.92 Å². The van der Waals surface area contributed by atoms with Gasteiger partial charge in [-0.15, -0.1) is 6.58 Å². The van der Waals surface area contributed by atoms with Crippen molar-refractivity contribution >= 4 is 23.8 Å². The summed E-state index contributed by atoms with van der Waals surface area (Å²) in [6, 6.07) is -0.928. The Morgan fingerprint density at radius 2 is 2.13 bits per heavy atom. The molecule has 1 saturated heterocycles. The number of carboxylic acids is 1. The van der Waals surface area contributed by atoms with Gasteiger partial charge in [0.15, 0.2) is 0 Å². The molecule has 1 aliphatic heterocycles. The Labute approximate surface area is 84.3 Å². The van der Waals surface area contributed by atoms with Crippen molar-refractivity contribution in [3.8, 4) is 0 Å². The minimum atomic E-state index is -1.86. The number of hydrogen-bond acceptors (Lipinski definition) is 4. The second-order valence-electron chi connectivity index (χ2n) is 2.80. The average Bonchev–Trinajstić information content (AvgIpc) is 2.11. The lowest BCUT2D eigenvalue weighted by atomic mass is 10.1. The zero-order valence-corrected chi connectivity index (χ0v) is 7.60. The Morgan fingerprint density at radius 3 is 2.60 bits per heavy atom. The molecule has 0 radical (unpaired) electrons. The van der Waals surface area contributed by atoms with E-state index in [1.54, 1.807) is 5.32 Å². The lowest BCUT2D eigenvalue weighted by Crippen LogP contribution is -2.59. The van der Waals surface area contributed by atoms with Crippen molar-refractivity contribution < 1.29 is 24.3 Å². The molecule has 2 N–H and O–H groups in total. The van der Waals surface area contributed by atoms with E-state index < -0.39 is 29.7 Å². The van der Waals surface area contributed by atoms with Crippen LogP contribution in [0.1, 0.15) is 0 Å². The van der Waals surface area contributed by atoms with Gasteiger partial charge in [0.05, 0.1) is 0 Å². The van der Waals surface area contributed by atoms with Gasteiger partial charge in [0.2, 0.25) is 5.92 Å². The number of nitrogens with one attached hydrogen (secondary N) is 1. The molecule has 0 aromatic rings.